The van der Waals surface area contributed by atoms with Crippen molar-refractivity contribution in [3.05, 3.63) is 76.3 Å². The van der Waals surface area contributed by atoms with Crippen molar-refractivity contribution >= 4 is 23.2 Å². The van der Waals surface area contributed by atoms with Crippen LogP contribution < -0.4 is 5.32 Å². The van der Waals surface area contributed by atoms with Gasteiger partial charge in [0.2, 0.25) is 0 Å². The minimum absolute atomic E-state index is 0.215. The summed E-state index contributed by atoms with van der Waals surface area (Å²) in [4.78, 5) is 20.8. The Morgan fingerprint density at radius 2 is 1.75 bits per heavy atom. The second-order valence-corrected chi connectivity index (χ2v) is 7.60. The highest BCUT2D eigenvalue weighted by molar-refractivity contribution is 6.29. The third kappa shape index (κ3) is 4.37. The molecule has 0 unspecified atom stereocenters. The fraction of sp³-hybridized carbons (Fsp3) is 0.227. The van der Waals surface area contributed by atoms with Crippen molar-refractivity contribution in [3.63, 3.8) is 0 Å². The Kier molecular flexibility index (Phi) is 5.47. The molecule has 0 saturated heterocycles. The summed E-state index contributed by atoms with van der Waals surface area (Å²) in [6, 6.07) is 10.5. The van der Waals surface area contributed by atoms with E-state index >= 15 is 0 Å². The van der Waals surface area contributed by atoms with Crippen LogP contribution in [0.3, 0.4) is 0 Å². The first kappa shape index (κ1) is 20.0. The summed E-state index contributed by atoms with van der Waals surface area (Å²) in [6.07, 6.45) is 3.16. The maximum Gasteiger partial charge on any atom is 0.255 e. The first-order chi connectivity index (χ1) is 13.1. The number of rotatable bonds is 4. The van der Waals surface area contributed by atoms with E-state index < -0.39 is 5.67 Å². The number of halogens is 2. The number of nitrogens with one attached hydrogen (secondary N) is 1. The number of hydrogen-bond acceptors (Lipinski definition) is 3. The van der Waals surface area contributed by atoms with Gasteiger partial charge in [0.25, 0.3) is 5.91 Å². The quantitative estimate of drug-likeness (QED) is 0.560. The van der Waals surface area contributed by atoms with E-state index in [-0.39, 0.29) is 11.6 Å². The van der Waals surface area contributed by atoms with Gasteiger partial charge in [-0.25, -0.2) is 9.37 Å². The molecule has 6 heteroatoms. The molecule has 28 heavy (non-hydrogen) atoms. The van der Waals surface area contributed by atoms with E-state index in [2.05, 4.69) is 15.3 Å². The number of benzene rings is 1. The van der Waals surface area contributed by atoms with Crippen LogP contribution in [-0.2, 0) is 5.67 Å². The topological polar surface area (TPSA) is 54.9 Å². The number of carbonyl (C=O) groups excluding carboxylic acids is 1. The molecule has 2 aromatic heterocycles. The molecule has 0 fully saturated rings. The average molecular weight is 398 g/mol. The fourth-order valence-electron chi connectivity index (χ4n) is 2.88. The van der Waals surface area contributed by atoms with Crippen LogP contribution in [-0.4, -0.2) is 15.9 Å². The smallest absolute Gasteiger partial charge is 0.255 e. The van der Waals surface area contributed by atoms with Gasteiger partial charge < -0.3 is 5.32 Å². The fourth-order valence-corrected chi connectivity index (χ4v) is 3.04. The molecule has 0 aliphatic heterocycles. The second-order valence-electron chi connectivity index (χ2n) is 7.21. The van der Waals surface area contributed by atoms with Gasteiger partial charge in [-0.15, -0.1) is 0 Å². The van der Waals surface area contributed by atoms with Crippen LogP contribution in [0, 0.1) is 13.8 Å². The number of aromatic nitrogens is 2. The molecule has 0 aliphatic carbocycles. The van der Waals surface area contributed by atoms with E-state index in [4.69, 9.17) is 11.6 Å². The molecule has 0 bridgehead atoms. The molecule has 0 spiro atoms. The average Bonchev–Trinajstić information content (AvgIpc) is 2.65. The Bertz CT molecular complexity index is 1040. The Hall–Kier alpha value is -2.79. The van der Waals surface area contributed by atoms with Crippen molar-refractivity contribution in [2.75, 3.05) is 5.32 Å². The van der Waals surface area contributed by atoms with Crippen molar-refractivity contribution in [2.24, 2.45) is 0 Å². The van der Waals surface area contributed by atoms with Crippen molar-refractivity contribution in [2.45, 2.75) is 33.4 Å². The van der Waals surface area contributed by atoms with Gasteiger partial charge in [-0.2, -0.15) is 0 Å². The van der Waals surface area contributed by atoms with Crippen molar-refractivity contribution < 1.29 is 9.18 Å². The highest BCUT2D eigenvalue weighted by Gasteiger charge is 2.22. The van der Waals surface area contributed by atoms with Gasteiger partial charge in [0, 0.05) is 23.6 Å². The first-order valence-electron chi connectivity index (χ1n) is 8.85. The highest BCUT2D eigenvalue weighted by atomic mass is 35.5. The van der Waals surface area contributed by atoms with Crippen LogP contribution in [0.2, 0.25) is 5.15 Å². The van der Waals surface area contributed by atoms with Crippen LogP contribution in [0.1, 0.15) is 41.0 Å². The lowest BCUT2D eigenvalue weighted by Gasteiger charge is -2.15. The van der Waals surface area contributed by atoms with Crippen LogP contribution >= 0.6 is 11.6 Å². The van der Waals surface area contributed by atoms with Crippen molar-refractivity contribution in [1.29, 1.82) is 0 Å². The largest absolute Gasteiger partial charge is 0.322 e. The maximum atomic E-state index is 14.1. The zero-order valence-corrected chi connectivity index (χ0v) is 16.9. The van der Waals surface area contributed by atoms with Crippen LogP contribution in [0.25, 0.3) is 11.1 Å². The minimum Gasteiger partial charge on any atom is -0.322 e. The molecule has 0 radical (unpaired) electrons. The van der Waals surface area contributed by atoms with Gasteiger partial charge >= 0.3 is 0 Å². The van der Waals surface area contributed by atoms with E-state index in [1.54, 1.807) is 12.3 Å². The number of carbonyl (C=O) groups is 1. The van der Waals surface area contributed by atoms with Gasteiger partial charge in [0.05, 0.1) is 5.69 Å². The maximum absolute atomic E-state index is 14.1. The van der Waals surface area contributed by atoms with E-state index in [0.717, 1.165) is 22.3 Å². The van der Waals surface area contributed by atoms with Gasteiger partial charge in [0.15, 0.2) is 0 Å². The van der Waals surface area contributed by atoms with Gasteiger partial charge in [0.1, 0.15) is 10.8 Å². The minimum atomic E-state index is -1.62. The predicted molar refractivity (Wildman–Crippen MR) is 110 cm³/mol. The molecule has 0 atom stereocenters. The summed E-state index contributed by atoms with van der Waals surface area (Å²) in [5, 5.41) is 3.28. The van der Waals surface area contributed by atoms with Crippen LogP contribution in [0.4, 0.5) is 10.1 Å². The normalized spacial score (nSPS) is 11.4. The lowest BCUT2D eigenvalue weighted by Crippen LogP contribution is -2.16. The molecular formula is C22H21ClFN3O. The predicted octanol–water partition coefficient (Wildman–Crippen LogP) is 5.87. The number of anilines is 1. The molecule has 1 N–H and O–H groups in total. The van der Waals surface area contributed by atoms with E-state index in [1.807, 2.05) is 38.1 Å². The van der Waals surface area contributed by atoms with Gasteiger partial charge in [-0.3, -0.25) is 9.78 Å². The molecule has 3 rings (SSSR count). The van der Waals surface area contributed by atoms with Gasteiger partial charge in [-0.05, 0) is 80.3 Å². The zero-order valence-electron chi connectivity index (χ0n) is 16.2. The summed E-state index contributed by atoms with van der Waals surface area (Å²) >= 11 is 6.06. The Morgan fingerprint density at radius 3 is 2.46 bits per heavy atom. The van der Waals surface area contributed by atoms with Gasteiger partial charge in [-0.1, -0.05) is 17.7 Å². The number of hydrogen-bond donors (Lipinski definition) is 1. The van der Waals surface area contributed by atoms with Crippen LogP contribution in [0.15, 0.2) is 48.8 Å². The highest BCUT2D eigenvalue weighted by Crippen LogP contribution is 2.31. The monoisotopic (exact) mass is 397 g/mol. The number of aryl methyl sites for hydroxylation is 2. The number of pyridine rings is 2. The summed E-state index contributed by atoms with van der Waals surface area (Å²) in [7, 11) is 0. The molecule has 0 aliphatic rings. The van der Waals surface area contributed by atoms with E-state index in [9.17, 15) is 9.18 Å². The first-order valence-corrected chi connectivity index (χ1v) is 9.23. The number of nitrogens with zero attached hydrogens (tertiary/aromatic N) is 2. The molecule has 1 amide bonds. The Morgan fingerprint density at radius 1 is 1.04 bits per heavy atom. The molecule has 2 heterocycles. The van der Waals surface area contributed by atoms with E-state index in [1.165, 1.54) is 26.1 Å². The van der Waals surface area contributed by atoms with E-state index in [0.29, 0.717) is 16.4 Å². The number of alkyl halides is 1. The van der Waals surface area contributed by atoms with Crippen molar-refractivity contribution in [3.8, 4) is 11.1 Å². The number of amides is 1. The molecular weight excluding hydrogens is 377 g/mol. The molecule has 1 aromatic carbocycles. The van der Waals surface area contributed by atoms with Crippen molar-refractivity contribution in [1.82, 2.24) is 9.97 Å². The second kappa shape index (κ2) is 7.68. The molecule has 4 nitrogen and oxygen atoms in total. The molecule has 3 aromatic rings. The molecule has 0 saturated carbocycles. The third-order valence-electron chi connectivity index (χ3n) is 4.49. The Labute approximate surface area is 168 Å². The SMILES string of the molecule is Cc1ccc(NC(=O)c2ccnc(C(C)(C)F)c2)cc1-c1cc(Cl)ncc1C. The summed E-state index contributed by atoms with van der Waals surface area (Å²) < 4.78 is 14.1. The van der Waals surface area contributed by atoms with Crippen LogP contribution in [0.5, 0.6) is 0 Å². The lowest BCUT2D eigenvalue weighted by atomic mass is 9.97. The summed E-state index contributed by atoms with van der Waals surface area (Å²) in [6.45, 7) is 6.77. The summed E-state index contributed by atoms with van der Waals surface area (Å²) in [5.41, 5.74) is 3.53. The standard InChI is InChI=1S/C22H21ClFN3O/c1-13-5-6-16(10-17(13)18-11-20(23)26-12-14(18)2)27-21(28)15-7-8-25-19(9-15)22(3,4)24/h5-12H,1-4H3,(H,27,28). The summed E-state index contributed by atoms with van der Waals surface area (Å²) in [5.74, 6) is -0.327. The lowest BCUT2D eigenvalue weighted by molar-refractivity contribution is 0.102. The Balaban J connectivity index is 1.92. The zero-order chi connectivity index (χ0) is 20.5. The third-order valence-corrected chi connectivity index (χ3v) is 4.69. The molecule has 144 valence electrons.